The van der Waals surface area contributed by atoms with Crippen molar-refractivity contribution < 1.29 is 14.3 Å². The SMILES string of the molecule is CC(=O)NC(CC(=O)Nc1ccccc1Oc1ccc(C)cc1)c1ccc(Cl)cc1. The van der Waals surface area contributed by atoms with Crippen molar-refractivity contribution in [2.45, 2.75) is 26.3 Å². The van der Waals surface area contributed by atoms with Crippen LogP contribution < -0.4 is 15.4 Å². The van der Waals surface area contributed by atoms with Crippen LogP contribution in [0.25, 0.3) is 0 Å². The number of halogens is 1. The summed E-state index contributed by atoms with van der Waals surface area (Å²) in [6.07, 6.45) is 0.0695. The first kappa shape index (κ1) is 21.4. The summed E-state index contributed by atoms with van der Waals surface area (Å²) in [5.74, 6) is 0.756. The van der Waals surface area contributed by atoms with Gasteiger partial charge in [-0.05, 0) is 48.9 Å². The Kier molecular flexibility index (Phi) is 7.09. The zero-order valence-electron chi connectivity index (χ0n) is 16.8. The molecule has 0 saturated carbocycles. The third-order valence-corrected chi connectivity index (χ3v) is 4.70. The van der Waals surface area contributed by atoms with Crippen LogP contribution in [0.15, 0.2) is 72.8 Å². The summed E-state index contributed by atoms with van der Waals surface area (Å²) in [5.41, 5.74) is 2.49. The van der Waals surface area contributed by atoms with Crippen molar-refractivity contribution >= 4 is 29.1 Å². The summed E-state index contributed by atoms with van der Waals surface area (Å²) >= 11 is 5.95. The van der Waals surface area contributed by atoms with Gasteiger partial charge in [0.2, 0.25) is 11.8 Å². The van der Waals surface area contributed by atoms with Gasteiger partial charge in [-0.15, -0.1) is 0 Å². The molecule has 3 aromatic rings. The Bertz CT molecular complexity index is 1020. The molecule has 1 atom stereocenters. The molecule has 0 aromatic heterocycles. The maximum atomic E-state index is 12.7. The van der Waals surface area contributed by atoms with Crippen LogP contribution in [0.2, 0.25) is 5.02 Å². The van der Waals surface area contributed by atoms with Gasteiger partial charge in [-0.3, -0.25) is 9.59 Å². The minimum atomic E-state index is -0.468. The van der Waals surface area contributed by atoms with Crippen molar-refractivity contribution in [2.75, 3.05) is 5.32 Å². The number of hydrogen-bond donors (Lipinski definition) is 2. The number of carbonyl (C=O) groups is 2. The summed E-state index contributed by atoms with van der Waals surface area (Å²) in [6, 6.07) is 21.5. The lowest BCUT2D eigenvalue weighted by atomic mass is 10.0. The van der Waals surface area contributed by atoms with E-state index in [-0.39, 0.29) is 18.2 Å². The van der Waals surface area contributed by atoms with E-state index in [9.17, 15) is 9.59 Å². The lowest BCUT2D eigenvalue weighted by molar-refractivity contribution is -0.120. The molecule has 0 heterocycles. The topological polar surface area (TPSA) is 67.4 Å². The predicted octanol–water partition coefficient (Wildman–Crippen LogP) is 5.65. The zero-order valence-corrected chi connectivity index (χ0v) is 17.6. The van der Waals surface area contributed by atoms with Crippen molar-refractivity contribution in [1.29, 1.82) is 0 Å². The van der Waals surface area contributed by atoms with Gasteiger partial charge in [-0.1, -0.05) is 53.6 Å². The minimum absolute atomic E-state index is 0.0695. The Labute approximate surface area is 181 Å². The van der Waals surface area contributed by atoms with Gasteiger partial charge in [0.1, 0.15) is 5.75 Å². The Hall–Kier alpha value is -3.31. The number of ether oxygens (including phenoxy) is 1. The van der Waals surface area contributed by atoms with Crippen molar-refractivity contribution in [1.82, 2.24) is 5.32 Å². The lowest BCUT2D eigenvalue weighted by Gasteiger charge is -2.19. The molecule has 6 heteroatoms. The van der Waals surface area contributed by atoms with E-state index < -0.39 is 6.04 Å². The molecule has 0 aliphatic rings. The largest absolute Gasteiger partial charge is 0.455 e. The van der Waals surface area contributed by atoms with Gasteiger partial charge in [0.15, 0.2) is 5.75 Å². The van der Waals surface area contributed by atoms with Crippen LogP contribution in [0.3, 0.4) is 0 Å². The van der Waals surface area contributed by atoms with E-state index in [2.05, 4.69) is 10.6 Å². The van der Waals surface area contributed by atoms with Crippen LogP contribution in [0.5, 0.6) is 11.5 Å². The number of amides is 2. The number of hydrogen-bond acceptors (Lipinski definition) is 3. The molecule has 30 heavy (non-hydrogen) atoms. The van der Waals surface area contributed by atoms with E-state index >= 15 is 0 Å². The average molecular weight is 423 g/mol. The summed E-state index contributed by atoms with van der Waals surface area (Å²) in [4.78, 5) is 24.4. The Morgan fingerprint density at radius 3 is 2.30 bits per heavy atom. The van der Waals surface area contributed by atoms with Crippen LogP contribution in [0, 0.1) is 6.92 Å². The predicted molar refractivity (Wildman–Crippen MR) is 119 cm³/mol. The first-order valence-corrected chi connectivity index (χ1v) is 9.94. The standard InChI is InChI=1S/C24H23ClN2O3/c1-16-7-13-20(14-8-16)30-23-6-4-3-5-21(23)27-24(29)15-22(26-17(2)28)18-9-11-19(25)12-10-18/h3-14,22H,15H2,1-2H3,(H,26,28)(H,27,29). The summed E-state index contributed by atoms with van der Waals surface area (Å²) in [6.45, 7) is 3.43. The molecule has 2 amide bonds. The number of nitrogens with one attached hydrogen (secondary N) is 2. The number of carbonyl (C=O) groups excluding carboxylic acids is 2. The second-order valence-corrected chi connectivity index (χ2v) is 7.40. The normalized spacial score (nSPS) is 11.4. The lowest BCUT2D eigenvalue weighted by Crippen LogP contribution is -2.29. The highest BCUT2D eigenvalue weighted by atomic mass is 35.5. The molecule has 0 spiro atoms. The fourth-order valence-corrected chi connectivity index (χ4v) is 3.10. The Morgan fingerprint density at radius 1 is 0.967 bits per heavy atom. The highest BCUT2D eigenvalue weighted by Gasteiger charge is 2.18. The molecule has 2 N–H and O–H groups in total. The number of anilines is 1. The molecule has 0 radical (unpaired) electrons. The van der Waals surface area contributed by atoms with Gasteiger partial charge in [0, 0.05) is 11.9 Å². The second-order valence-electron chi connectivity index (χ2n) is 6.97. The second kappa shape index (κ2) is 9.94. The molecule has 5 nitrogen and oxygen atoms in total. The van der Waals surface area contributed by atoms with Crippen molar-refractivity contribution in [3.8, 4) is 11.5 Å². The third kappa shape index (κ3) is 6.09. The van der Waals surface area contributed by atoms with E-state index in [4.69, 9.17) is 16.3 Å². The maximum absolute atomic E-state index is 12.7. The summed E-state index contributed by atoms with van der Waals surface area (Å²) in [5, 5.41) is 6.29. The van der Waals surface area contributed by atoms with Gasteiger partial charge in [0.05, 0.1) is 18.2 Å². The van der Waals surface area contributed by atoms with Crippen LogP contribution >= 0.6 is 11.6 Å². The van der Waals surface area contributed by atoms with Crippen molar-refractivity contribution in [3.05, 3.63) is 88.9 Å². The quantitative estimate of drug-likeness (QED) is 0.517. The first-order chi connectivity index (χ1) is 14.4. The third-order valence-electron chi connectivity index (χ3n) is 4.45. The molecule has 0 aliphatic carbocycles. The highest BCUT2D eigenvalue weighted by Crippen LogP contribution is 2.30. The molecule has 3 rings (SSSR count). The molecular formula is C24H23ClN2O3. The smallest absolute Gasteiger partial charge is 0.226 e. The van der Waals surface area contributed by atoms with Crippen LogP contribution in [-0.2, 0) is 9.59 Å². The summed E-state index contributed by atoms with van der Waals surface area (Å²) < 4.78 is 5.93. The van der Waals surface area contributed by atoms with Crippen LogP contribution in [-0.4, -0.2) is 11.8 Å². The fourth-order valence-electron chi connectivity index (χ4n) is 2.97. The van der Waals surface area contributed by atoms with E-state index in [0.29, 0.717) is 22.2 Å². The monoisotopic (exact) mass is 422 g/mol. The minimum Gasteiger partial charge on any atom is -0.455 e. The molecule has 0 saturated heterocycles. The van der Waals surface area contributed by atoms with Crippen molar-refractivity contribution in [3.63, 3.8) is 0 Å². The highest BCUT2D eigenvalue weighted by molar-refractivity contribution is 6.30. The molecule has 0 aliphatic heterocycles. The van der Waals surface area contributed by atoms with Gasteiger partial charge in [-0.25, -0.2) is 0 Å². The van der Waals surface area contributed by atoms with Crippen molar-refractivity contribution in [2.24, 2.45) is 0 Å². The molecular weight excluding hydrogens is 400 g/mol. The van der Waals surface area contributed by atoms with Gasteiger partial charge >= 0.3 is 0 Å². The van der Waals surface area contributed by atoms with E-state index in [0.717, 1.165) is 11.1 Å². The Morgan fingerprint density at radius 2 is 1.63 bits per heavy atom. The molecule has 0 fully saturated rings. The van der Waals surface area contributed by atoms with Gasteiger partial charge < -0.3 is 15.4 Å². The summed E-state index contributed by atoms with van der Waals surface area (Å²) in [7, 11) is 0. The average Bonchev–Trinajstić information content (AvgIpc) is 2.71. The number of para-hydroxylation sites is 2. The maximum Gasteiger partial charge on any atom is 0.226 e. The number of benzene rings is 3. The first-order valence-electron chi connectivity index (χ1n) is 9.56. The van der Waals surface area contributed by atoms with Gasteiger partial charge in [-0.2, -0.15) is 0 Å². The number of aryl methyl sites for hydroxylation is 1. The van der Waals surface area contributed by atoms with E-state index in [1.165, 1.54) is 6.92 Å². The van der Waals surface area contributed by atoms with E-state index in [1.807, 2.05) is 43.3 Å². The Balaban J connectivity index is 1.73. The molecule has 154 valence electrons. The zero-order chi connectivity index (χ0) is 21.5. The van der Waals surface area contributed by atoms with E-state index in [1.54, 1.807) is 36.4 Å². The van der Waals surface area contributed by atoms with Crippen LogP contribution in [0.4, 0.5) is 5.69 Å². The fraction of sp³-hybridized carbons (Fsp3) is 0.167. The number of rotatable bonds is 7. The molecule has 3 aromatic carbocycles. The molecule has 1 unspecified atom stereocenters. The van der Waals surface area contributed by atoms with Crippen LogP contribution in [0.1, 0.15) is 30.5 Å². The van der Waals surface area contributed by atoms with Gasteiger partial charge in [0.25, 0.3) is 0 Å². The molecule has 0 bridgehead atoms.